The normalized spacial score (nSPS) is 22.0. The quantitative estimate of drug-likeness (QED) is 0.328. The molecule has 0 radical (unpaired) electrons. The molecule has 3 N–H and O–H groups in total. The van der Waals surface area contributed by atoms with Crippen LogP contribution in [-0.2, 0) is 21.4 Å². The van der Waals surface area contributed by atoms with Crippen LogP contribution >= 0.6 is 0 Å². The average molecular weight is 594 g/mol. The molecule has 0 unspecified atom stereocenters. The predicted molar refractivity (Wildman–Crippen MR) is 152 cm³/mol. The summed E-state index contributed by atoms with van der Waals surface area (Å²) in [6.07, 6.45) is 3.10. The highest BCUT2D eigenvalue weighted by molar-refractivity contribution is 7.89. The second-order valence-electron chi connectivity index (χ2n) is 13.0. The van der Waals surface area contributed by atoms with Gasteiger partial charge >= 0.3 is 5.97 Å². The number of carboxylic acid groups (broad SMARTS) is 1. The minimum absolute atomic E-state index is 0.265. The molecule has 1 aromatic heterocycles. The number of carbonyl (C=O) groups excluding carboxylic acids is 1. The molecule has 1 heterocycles. The maximum Gasteiger partial charge on any atom is 0.309 e. The topological polar surface area (TPSA) is 118 Å². The van der Waals surface area contributed by atoms with Crippen LogP contribution in [0, 0.1) is 18.3 Å². The fourth-order valence-corrected chi connectivity index (χ4v) is 7.75. The van der Waals surface area contributed by atoms with Gasteiger partial charge in [-0.2, -0.15) is 0 Å². The van der Waals surface area contributed by atoms with Crippen LogP contribution in [0.5, 0.6) is 0 Å². The van der Waals surface area contributed by atoms with Crippen molar-refractivity contribution in [1.29, 1.82) is 0 Å². The average Bonchev–Trinajstić information content (AvgIpc) is 3.17. The molecule has 8 nitrogen and oxygen atoms in total. The Morgan fingerprint density at radius 1 is 1.12 bits per heavy atom. The predicted octanol–water partition coefficient (Wildman–Crippen LogP) is 6.04. The highest BCUT2D eigenvalue weighted by Crippen LogP contribution is 2.41. The van der Waals surface area contributed by atoms with Gasteiger partial charge in [0.15, 0.2) is 0 Å². The summed E-state index contributed by atoms with van der Waals surface area (Å²) in [6.45, 7) is 9.01. The first-order chi connectivity index (χ1) is 19.0. The van der Waals surface area contributed by atoms with Gasteiger partial charge in [0.25, 0.3) is 12.3 Å². The SMILES string of the molecule is Cc1c(C(=O)NC2CC(C)(C(=O)O)C2)cc(-c2ccc(S(=O)(=O)NC(C)(C)C)c(C(F)F)c2)n1CC1CCCCC1. The number of hydrogen-bond acceptors (Lipinski definition) is 4. The van der Waals surface area contributed by atoms with Crippen molar-refractivity contribution in [1.82, 2.24) is 14.6 Å². The molecule has 1 aromatic carbocycles. The zero-order chi connectivity index (χ0) is 30.3. The molecule has 0 saturated heterocycles. The van der Waals surface area contributed by atoms with Crippen LogP contribution in [0.1, 0.15) is 101 Å². The zero-order valence-corrected chi connectivity index (χ0v) is 25.2. The summed E-state index contributed by atoms with van der Waals surface area (Å²) in [5.41, 5.74) is -0.270. The molecular weight excluding hydrogens is 552 g/mol. The van der Waals surface area contributed by atoms with Crippen molar-refractivity contribution >= 4 is 21.9 Å². The van der Waals surface area contributed by atoms with Crippen LogP contribution in [0.3, 0.4) is 0 Å². The summed E-state index contributed by atoms with van der Waals surface area (Å²) in [7, 11) is -4.21. The number of benzene rings is 1. The number of aliphatic carboxylic acids is 1. The molecule has 0 bridgehead atoms. The van der Waals surface area contributed by atoms with Crippen molar-refractivity contribution in [3.63, 3.8) is 0 Å². The smallest absolute Gasteiger partial charge is 0.309 e. The lowest BCUT2D eigenvalue weighted by Crippen LogP contribution is -2.52. The lowest BCUT2D eigenvalue weighted by atomic mass is 9.67. The summed E-state index contributed by atoms with van der Waals surface area (Å²) in [4.78, 5) is 24.3. The lowest BCUT2D eigenvalue weighted by Gasteiger charge is -2.41. The molecule has 2 fully saturated rings. The standard InChI is InChI=1S/C30H41F2N3O5S/c1-18-22(27(36)33-21-15-30(5,16-21)28(37)38)14-24(35(18)17-19-9-7-6-8-10-19)20-11-12-25(23(13-20)26(31)32)41(39,40)34-29(2,3)4/h11-14,19,21,26,34H,6-10,15-17H2,1-5H3,(H,33,36)(H,37,38). The lowest BCUT2D eigenvalue weighted by molar-refractivity contribution is -0.154. The molecule has 2 aliphatic rings. The van der Waals surface area contributed by atoms with Gasteiger partial charge in [0.05, 0.1) is 15.9 Å². The van der Waals surface area contributed by atoms with Crippen molar-refractivity contribution in [2.75, 3.05) is 0 Å². The van der Waals surface area contributed by atoms with Crippen molar-refractivity contribution < 1.29 is 31.9 Å². The molecule has 2 aliphatic carbocycles. The van der Waals surface area contributed by atoms with E-state index in [1.54, 1.807) is 33.8 Å². The fraction of sp³-hybridized carbons (Fsp3) is 0.600. The van der Waals surface area contributed by atoms with Crippen LogP contribution in [-0.4, -0.2) is 41.5 Å². The summed E-state index contributed by atoms with van der Waals surface area (Å²) in [5.74, 6) is -0.859. The van der Waals surface area contributed by atoms with Crippen molar-refractivity contribution in [2.45, 2.75) is 109 Å². The molecule has 41 heavy (non-hydrogen) atoms. The summed E-state index contributed by atoms with van der Waals surface area (Å²) < 4.78 is 58.9. The number of sulfonamides is 1. The monoisotopic (exact) mass is 593 g/mol. The summed E-state index contributed by atoms with van der Waals surface area (Å²) in [6, 6.07) is 5.34. The first-order valence-electron chi connectivity index (χ1n) is 14.2. The second kappa shape index (κ2) is 11.5. The Bertz CT molecular complexity index is 1420. The van der Waals surface area contributed by atoms with Gasteiger partial charge in [-0.05, 0) is 90.0 Å². The number of nitrogens with zero attached hydrogens (tertiary/aromatic N) is 1. The molecule has 2 aromatic rings. The van der Waals surface area contributed by atoms with E-state index in [2.05, 4.69) is 10.0 Å². The third-order valence-corrected chi connectivity index (χ3v) is 10.1. The van der Waals surface area contributed by atoms with E-state index in [0.29, 0.717) is 47.8 Å². The minimum Gasteiger partial charge on any atom is -0.481 e. The van der Waals surface area contributed by atoms with E-state index in [4.69, 9.17) is 0 Å². The van der Waals surface area contributed by atoms with Gasteiger partial charge in [-0.15, -0.1) is 0 Å². The molecule has 0 atom stereocenters. The second-order valence-corrected chi connectivity index (χ2v) is 14.6. The molecule has 226 valence electrons. The number of halogens is 2. The Morgan fingerprint density at radius 2 is 1.76 bits per heavy atom. The summed E-state index contributed by atoms with van der Waals surface area (Å²) in [5, 5.41) is 12.3. The molecule has 1 amide bonds. The van der Waals surface area contributed by atoms with Crippen LogP contribution in [0.15, 0.2) is 29.2 Å². The first kappa shape index (κ1) is 31.2. The van der Waals surface area contributed by atoms with Crippen LogP contribution in [0.4, 0.5) is 8.78 Å². The van der Waals surface area contributed by atoms with Crippen molar-refractivity contribution in [3.8, 4) is 11.3 Å². The molecule has 4 rings (SSSR count). The number of amides is 1. The number of rotatable bonds is 9. The van der Waals surface area contributed by atoms with E-state index in [1.165, 1.54) is 24.6 Å². The van der Waals surface area contributed by atoms with Gasteiger partial charge in [-0.1, -0.05) is 25.3 Å². The van der Waals surface area contributed by atoms with E-state index < -0.39 is 43.8 Å². The van der Waals surface area contributed by atoms with Crippen molar-refractivity contribution in [3.05, 3.63) is 41.1 Å². The highest BCUT2D eigenvalue weighted by Gasteiger charge is 2.47. The maximum absolute atomic E-state index is 14.3. The van der Waals surface area contributed by atoms with Crippen molar-refractivity contribution in [2.24, 2.45) is 11.3 Å². The van der Waals surface area contributed by atoms with Gasteiger partial charge < -0.3 is 15.0 Å². The number of carboxylic acids is 1. The third kappa shape index (κ3) is 6.83. The van der Waals surface area contributed by atoms with Crippen LogP contribution in [0.25, 0.3) is 11.3 Å². The zero-order valence-electron chi connectivity index (χ0n) is 24.4. The Balaban J connectivity index is 1.72. The number of alkyl halides is 2. The minimum atomic E-state index is -4.21. The molecule has 11 heteroatoms. The number of aromatic nitrogens is 1. The highest BCUT2D eigenvalue weighted by atomic mass is 32.2. The maximum atomic E-state index is 14.3. The van der Waals surface area contributed by atoms with Gasteiger partial charge in [-0.25, -0.2) is 21.9 Å². The van der Waals surface area contributed by atoms with E-state index in [-0.39, 0.29) is 11.9 Å². The first-order valence-corrected chi connectivity index (χ1v) is 15.7. The van der Waals surface area contributed by atoms with E-state index >= 15 is 0 Å². The van der Waals surface area contributed by atoms with Gasteiger partial charge in [0, 0.05) is 35.1 Å². The Morgan fingerprint density at radius 3 is 2.32 bits per heavy atom. The van der Waals surface area contributed by atoms with E-state index in [0.717, 1.165) is 25.7 Å². The van der Waals surface area contributed by atoms with Gasteiger partial charge in [0.1, 0.15) is 0 Å². The Labute approximate surface area is 241 Å². The van der Waals surface area contributed by atoms with E-state index in [1.807, 2.05) is 11.5 Å². The molecule has 0 spiro atoms. The Kier molecular flexibility index (Phi) is 8.72. The number of carbonyl (C=O) groups is 2. The summed E-state index contributed by atoms with van der Waals surface area (Å²) >= 11 is 0. The van der Waals surface area contributed by atoms with Gasteiger partial charge in [-0.3, -0.25) is 9.59 Å². The number of hydrogen-bond donors (Lipinski definition) is 3. The van der Waals surface area contributed by atoms with E-state index in [9.17, 15) is 31.9 Å². The molecule has 2 saturated carbocycles. The largest absolute Gasteiger partial charge is 0.481 e. The molecule has 0 aliphatic heterocycles. The molecular formula is C30H41F2N3O5S. The Hall–Kier alpha value is -2.79. The fourth-order valence-electron chi connectivity index (χ4n) is 6.13. The van der Waals surface area contributed by atoms with Crippen LogP contribution < -0.4 is 10.0 Å². The third-order valence-electron chi connectivity index (χ3n) is 8.29. The number of nitrogens with one attached hydrogen (secondary N) is 2. The van der Waals surface area contributed by atoms with Gasteiger partial charge in [0.2, 0.25) is 10.0 Å². The van der Waals surface area contributed by atoms with Crippen LogP contribution in [0.2, 0.25) is 0 Å².